The first-order chi connectivity index (χ1) is 6.33. The summed E-state index contributed by atoms with van der Waals surface area (Å²) in [6, 6.07) is -1.92. The van der Waals surface area contributed by atoms with Crippen molar-refractivity contribution in [1.29, 1.82) is 0 Å². The van der Waals surface area contributed by atoms with Gasteiger partial charge in [0.1, 0.15) is 6.04 Å². The van der Waals surface area contributed by atoms with Crippen LogP contribution in [0.15, 0.2) is 0 Å². The molecule has 3 N–H and O–H groups in total. The summed E-state index contributed by atoms with van der Waals surface area (Å²) in [5, 5.41) is 19.6. The fourth-order valence-electron chi connectivity index (χ4n) is 1.09. The average Bonchev–Trinajstić information content (AvgIpc) is 2.26. The molecule has 1 fully saturated rings. The average molecular weight is 175 g/mol. The van der Waals surface area contributed by atoms with E-state index in [1.807, 2.05) is 0 Å². The van der Waals surface area contributed by atoms with Gasteiger partial charge in [-0.3, -0.25) is 9.59 Å². The topological polar surface area (TPSA) is 86.6 Å². The highest BCUT2D eigenvalue weighted by Gasteiger charge is 2.29. The van der Waals surface area contributed by atoms with Crippen molar-refractivity contribution in [2.24, 2.45) is 0 Å². The van der Waals surface area contributed by atoms with Crippen molar-refractivity contribution in [2.75, 3.05) is 0 Å². The van der Waals surface area contributed by atoms with E-state index >= 15 is 0 Å². The molecule has 12 heavy (non-hydrogen) atoms. The van der Waals surface area contributed by atoms with Crippen LogP contribution in [0.3, 0.4) is 0 Å². The third kappa shape index (κ3) is 2.20. The van der Waals surface area contributed by atoms with E-state index in [4.69, 9.17) is 13.0 Å². The van der Waals surface area contributed by atoms with Crippen LogP contribution in [0.2, 0.25) is 0 Å². The zero-order chi connectivity index (χ0) is 10.9. The molecule has 5 nitrogen and oxygen atoms in total. The molecule has 0 bridgehead atoms. The predicted molar refractivity (Wildman–Crippen MR) is 39.8 cm³/mol. The van der Waals surface area contributed by atoms with Crippen molar-refractivity contribution in [2.45, 2.75) is 31.3 Å². The Morgan fingerprint density at radius 2 is 2.25 bits per heavy atom. The smallest absolute Gasteiger partial charge is 0.320 e. The van der Waals surface area contributed by atoms with Gasteiger partial charge in [0.2, 0.25) is 0 Å². The minimum atomic E-state index is -1.78. The largest absolute Gasteiger partial charge is 0.481 e. The molecule has 0 spiro atoms. The summed E-state index contributed by atoms with van der Waals surface area (Å²) < 4.78 is 14.9. The van der Waals surface area contributed by atoms with E-state index in [0.29, 0.717) is 0 Å². The zero-order valence-electron chi connectivity index (χ0n) is 8.28. The molecule has 0 unspecified atom stereocenters. The van der Waals surface area contributed by atoms with Crippen molar-refractivity contribution < 1.29 is 22.5 Å². The van der Waals surface area contributed by atoms with Gasteiger partial charge in [0, 0.05) is 8.78 Å². The van der Waals surface area contributed by atoms with E-state index < -0.39 is 36.8 Å². The molecule has 68 valence electrons. The second-order valence-electron chi connectivity index (χ2n) is 2.62. The van der Waals surface area contributed by atoms with Gasteiger partial charge in [-0.1, -0.05) is 0 Å². The number of carbonyl (C=O) groups is 2. The monoisotopic (exact) mass is 175 g/mol. The summed E-state index contributed by atoms with van der Waals surface area (Å²) in [6.07, 6.45) is -2.38. The quantitative estimate of drug-likeness (QED) is 0.546. The number of hydrogen-bond acceptors (Lipinski definition) is 3. The maximum Gasteiger partial charge on any atom is 0.320 e. The summed E-state index contributed by atoms with van der Waals surface area (Å²) in [4.78, 5) is 20.9. The lowest BCUT2D eigenvalue weighted by Crippen LogP contribution is -2.36. The van der Waals surface area contributed by atoms with Gasteiger partial charge in [0.15, 0.2) is 0 Å². The van der Waals surface area contributed by atoms with Gasteiger partial charge in [0.05, 0.1) is 6.42 Å². The lowest BCUT2D eigenvalue weighted by atomic mass is 10.1. The number of nitrogens with one attached hydrogen (secondary N) is 1. The predicted octanol–water partition coefficient (Wildman–Crippen LogP) is -0.334. The molecule has 0 aromatic heterocycles. The maximum absolute atomic E-state index is 10.5. The molecule has 0 aromatic rings. The Labute approximate surface area is 72.2 Å². The Hall–Kier alpha value is -1.10. The first kappa shape index (κ1) is 6.42. The van der Waals surface area contributed by atoms with E-state index in [-0.39, 0.29) is 6.42 Å². The van der Waals surface area contributed by atoms with Crippen molar-refractivity contribution in [3.63, 3.8) is 0 Å². The van der Waals surface area contributed by atoms with Crippen LogP contribution in [0.25, 0.3) is 0 Å². The molecule has 0 radical (unpaired) electrons. The summed E-state index contributed by atoms with van der Waals surface area (Å²) in [5.74, 6) is -2.29. The molecule has 2 atom stereocenters. The van der Waals surface area contributed by atoms with Gasteiger partial charge in [0.25, 0.3) is 0 Å². The Balaban J connectivity index is 2.68. The molecular weight excluding hydrogens is 162 g/mol. The molecule has 1 heterocycles. The van der Waals surface area contributed by atoms with Crippen molar-refractivity contribution in [3.05, 3.63) is 0 Å². The molecule has 0 saturated carbocycles. The molecule has 1 saturated heterocycles. The lowest BCUT2D eigenvalue weighted by Gasteiger charge is -2.07. The van der Waals surface area contributed by atoms with Crippen LogP contribution in [0.5, 0.6) is 0 Å². The molecule has 0 aliphatic carbocycles. The highest BCUT2D eigenvalue weighted by atomic mass is 16.4. The molecule has 1 aliphatic heterocycles. The summed E-state index contributed by atoms with van der Waals surface area (Å²) >= 11 is 0. The van der Waals surface area contributed by atoms with Gasteiger partial charge >= 0.3 is 11.9 Å². The molecular formula is C7H11NO4. The second kappa shape index (κ2) is 3.53. The Kier molecular flexibility index (Phi) is 1.89. The van der Waals surface area contributed by atoms with Gasteiger partial charge in [-0.2, -0.15) is 0 Å². The van der Waals surface area contributed by atoms with Crippen LogP contribution < -0.4 is 5.32 Å². The van der Waals surface area contributed by atoms with Gasteiger partial charge in [-0.05, 0) is 12.8 Å². The summed E-state index contributed by atoms with van der Waals surface area (Å²) in [7, 11) is 0. The highest BCUT2D eigenvalue weighted by molar-refractivity contribution is 5.74. The van der Waals surface area contributed by atoms with Crippen molar-refractivity contribution >= 4 is 11.9 Å². The van der Waals surface area contributed by atoms with Crippen LogP contribution in [0.1, 0.15) is 22.0 Å². The van der Waals surface area contributed by atoms with Gasteiger partial charge < -0.3 is 15.5 Å². The zero-order valence-corrected chi connectivity index (χ0v) is 6.28. The van der Waals surface area contributed by atoms with Crippen LogP contribution in [-0.4, -0.2) is 34.2 Å². The van der Waals surface area contributed by atoms with Crippen molar-refractivity contribution in [3.8, 4) is 0 Å². The highest BCUT2D eigenvalue weighted by Crippen LogP contribution is 2.14. The van der Waals surface area contributed by atoms with E-state index in [1.54, 1.807) is 0 Å². The van der Waals surface area contributed by atoms with E-state index in [2.05, 4.69) is 5.32 Å². The minimum Gasteiger partial charge on any atom is -0.481 e. The number of rotatable bonds is 3. The van der Waals surface area contributed by atoms with E-state index in [9.17, 15) is 9.59 Å². The Bertz CT molecular complexity index is 268. The van der Waals surface area contributed by atoms with Crippen LogP contribution in [-0.2, 0) is 9.59 Å². The number of carboxylic acid groups (broad SMARTS) is 2. The fraction of sp³-hybridized carbons (Fsp3) is 0.714. The fourth-order valence-corrected chi connectivity index (χ4v) is 1.09. The first-order valence-electron chi connectivity index (χ1n) is 4.53. The Morgan fingerprint density at radius 3 is 2.67 bits per heavy atom. The number of carboxylic acids is 2. The normalized spacial score (nSPS) is 35.3. The number of hydrogen-bond donors (Lipinski definition) is 3. The van der Waals surface area contributed by atoms with E-state index in [0.717, 1.165) is 0 Å². The third-order valence-electron chi connectivity index (χ3n) is 1.65. The van der Waals surface area contributed by atoms with Crippen LogP contribution in [0, 0.1) is 0 Å². The molecule has 1 rings (SSSR count). The Morgan fingerprint density at radius 1 is 1.58 bits per heavy atom. The second-order valence-corrected chi connectivity index (χ2v) is 2.62. The summed E-state index contributed by atoms with van der Waals surface area (Å²) in [6.45, 7) is 0. The van der Waals surface area contributed by atoms with Gasteiger partial charge in [-0.15, -0.1) is 0 Å². The standard InChI is InChI=1S/C7H11NO4/c9-6(10)3-4-1-2-5(8-4)7(11)12/h4-5,8H,1-3H2,(H,9,10)(H,11,12)/t4-,5-/m0/s1/i1D2. The van der Waals surface area contributed by atoms with Crippen LogP contribution >= 0.6 is 0 Å². The number of aliphatic carboxylic acids is 2. The summed E-state index contributed by atoms with van der Waals surface area (Å²) in [5.41, 5.74) is 0. The van der Waals surface area contributed by atoms with E-state index in [1.165, 1.54) is 0 Å². The maximum atomic E-state index is 10.5. The molecule has 5 heteroatoms. The lowest BCUT2D eigenvalue weighted by molar-refractivity contribution is -0.140. The molecule has 1 aliphatic rings. The SMILES string of the molecule is [2H]C1([2H])C[C@@H](C(=O)O)N[C@@H]1CC(=O)O. The molecule has 0 aromatic carbocycles. The molecule has 0 amide bonds. The minimum absolute atomic E-state index is 0.194. The third-order valence-corrected chi connectivity index (χ3v) is 1.65. The first-order valence-corrected chi connectivity index (χ1v) is 3.53. The van der Waals surface area contributed by atoms with Gasteiger partial charge in [-0.25, -0.2) is 0 Å². The van der Waals surface area contributed by atoms with Crippen LogP contribution in [0.4, 0.5) is 0 Å². The van der Waals surface area contributed by atoms with Crippen molar-refractivity contribution in [1.82, 2.24) is 5.32 Å².